The molecule has 29 heavy (non-hydrogen) atoms. The molecule has 7 heteroatoms. The third kappa shape index (κ3) is 4.68. The first-order valence-corrected chi connectivity index (χ1v) is 9.70. The van der Waals surface area contributed by atoms with E-state index >= 15 is 0 Å². The van der Waals surface area contributed by atoms with Crippen LogP contribution in [0.15, 0.2) is 48.5 Å². The number of hydrogen-bond donors (Lipinski definition) is 0. The van der Waals surface area contributed by atoms with E-state index in [1.54, 1.807) is 12.1 Å². The SMILES string of the molecule is C[N+]1=C(c2ccc([N+](=O)[O-])cc2)c2ccccc2N(CC[N+](C)(C)C)C(=O)CC1. The van der Waals surface area contributed by atoms with Crippen molar-refractivity contribution >= 4 is 23.0 Å². The van der Waals surface area contributed by atoms with Gasteiger partial charge in [0.05, 0.1) is 56.8 Å². The minimum absolute atomic E-state index is 0.0656. The van der Waals surface area contributed by atoms with Gasteiger partial charge in [-0.1, -0.05) is 12.1 Å². The number of anilines is 1. The van der Waals surface area contributed by atoms with Gasteiger partial charge in [-0.15, -0.1) is 0 Å². The Morgan fingerprint density at radius 2 is 1.76 bits per heavy atom. The highest BCUT2D eigenvalue weighted by molar-refractivity contribution is 6.15. The van der Waals surface area contributed by atoms with Gasteiger partial charge in [0.15, 0.2) is 6.54 Å². The first-order chi connectivity index (χ1) is 13.7. The molecule has 0 atom stereocenters. The number of carbonyl (C=O) groups is 1. The van der Waals surface area contributed by atoms with Gasteiger partial charge in [-0.25, -0.2) is 4.58 Å². The van der Waals surface area contributed by atoms with E-state index in [9.17, 15) is 14.9 Å². The number of nitro benzene ring substituents is 1. The molecule has 1 amide bonds. The smallest absolute Gasteiger partial charge is 0.269 e. The topological polar surface area (TPSA) is 66.5 Å². The Balaban J connectivity index is 2.10. The first kappa shape index (κ1) is 20.7. The van der Waals surface area contributed by atoms with Crippen LogP contribution in [0.5, 0.6) is 0 Å². The summed E-state index contributed by atoms with van der Waals surface area (Å²) in [5.74, 6) is 0.112. The van der Waals surface area contributed by atoms with Gasteiger partial charge in [0.25, 0.3) is 5.69 Å². The molecule has 0 spiro atoms. The fourth-order valence-electron chi connectivity index (χ4n) is 3.52. The van der Waals surface area contributed by atoms with Crippen molar-refractivity contribution in [2.75, 3.05) is 52.7 Å². The van der Waals surface area contributed by atoms with Crippen LogP contribution in [0.1, 0.15) is 17.5 Å². The predicted octanol–water partition coefficient (Wildman–Crippen LogP) is 2.52. The summed E-state index contributed by atoms with van der Waals surface area (Å²) in [5, 5.41) is 11.0. The molecule has 0 N–H and O–H groups in total. The van der Waals surface area contributed by atoms with Gasteiger partial charge in [-0.2, -0.15) is 0 Å². The van der Waals surface area contributed by atoms with Crippen LogP contribution in [0, 0.1) is 10.1 Å². The number of nitrogens with zero attached hydrogens (tertiary/aromatic N) is 4. The zero-order valence-electron chi connectivity index (χ0n) is 17.5. The fraction of sp³-hybridized carbons (Fsp3) is 0.364. The third-order valence-corrected chi connectivity index (χ3v) is 5.14. The maximum atomic E-state index is 13.0. The van der Waals surface area contributed by atoms with Gasteiger partial charge >= 0.3 is 0 Å². The van der Waals surface area contributed by atoms with E-state index in [2.05, 4.69) is 25.7 Å². The number of fused-ring (bicyclic) bond motifs is 1. The van der Waals surface area contributed by atoms with E-state index < -0.39 is 4.92 Å². The summed E-state index contributed by atoms with van der Waals surface area (Å²) in [7, 11) is 8.30. The lowest BCUT2D eigenvalue weighted by Crippen LogP contribution is -2.45. The number of nitro groups is 1. The van der Waals surface area contributed by atoms with E-state index in [-0.39, 0.29) is 11.6 Å². The maximum Gasteiger partial charge on any atom is 0.269 e. The van der Waals surface area contributed by atoms with Crippen molar-refractivity contribution in [1.82, 2.24) is 0 Å². The summed E-state index contributed by atoms with van der Waals surface area (Å²) in [5.41, 5.74) is 3.77. The highest BCUT2D eigenvalue weighted by Crippen LogP contribution is 2.27. The first-order valence-electron chi connectivity index (χ1n) is 9.70. The molecular weight excluding hydrogens is 368 g/mol. The highest BCUT2D eigenvalue weighted by atomic mass is 16.6. The number of likely N-dealkylation sites (N-methyl/N-ethyl adjacent to an activating group) is 1. The lowest BCUT2D eigenvalue weighted by molar-refractivity contribution is -0.868. The summed E-state index contributed by atoms with van der Waals surface area (Å²) in [6.07, 6.45) is 0.415. The quantitative estimate of drug-likeness (QED) is 0.338. The molecule has 2 aromatic rings. The van der Waals surface area contributed by atoms with Crippen molar-refractivity contribution in [1.29, 1.82) is 0 Å². The van der Waals surface area contributed by atoms with Crippen LogP contribution in [-0.2, 0) is 4.79 Å². The minimum atomic E-state index is -0.393. The molecule has 0 unspecified atom stereocenters. The van der Waals surface area contributed by atoms with Gasteiger partial charge in [-0.3, -0.25) is 14.9 Å². The molecule has 1 aliphatic rings. The van der Waals surface area contributed by atoms with Crippen molar-refractivity contribution in [2.45, 2.75) is 6.42 Å². The summed E-state index contributed by atoms with van der Waals surface area (Å²) in [6, 6.07) is 14.5. The van der Waals surface area contributed by atoms with Gasteiger partial charge in [0.2, 0.25) is 11.6 Å². The van der Waals surface area contributed by atoms with Crippen molar-refractivity contribution < 1.29 is 18.8 Å². The van der Waals surface area contributed by atoms with Crippen molar-refractivity contribution in [2.24, 2.45) is 0 Å². The van der Waals surface area contributed by atoms with Crippen LogP contribution in [0.3, 0.4) is 0 Å². The molecule has 3 rings (SSSR count). The average molecular weight is 396 g/mol. The molecule has 0 saturated heterocycles. The van der Waals surface area contributed by atoms with Crippen LogP contribution in [0.25, 0.3) is 0 Å². The maximum absolute atomic E-state index is 13.0. The second-order valence-corrected chi connectivity index (χ2v) is 8.40. The average Bonchev–Trinajstić information content (AvgIpc) is 2.66. The number of carbonyl (C=O) groups excluding carboxylic acids is 1. The molecule has 0 saturated carbocycles. The molecule has 0 bridgehead atoms. The molecule has 0 aromatic heterocycles. The molecule has 0 radical (unpaired) electrons. The number of hydrogen-bond acceptors (Lipinski definition) is 3. The van der Waals surface area contributed by atoms with Crippen LogP contribution < -0.4 is 4.90 Å². The normalized spacial score (nSPS) is 15.0. The number of benzene rings is 2. The Kier molecular flexibility index (Phi) is 5.79. The highest BCUT2D eigenvalue weighted by Gasteiger charge is 2.30. The largest absolute Gasteiger partial charge is 0.329 e. The Morgan fingerprint density at radius 3 is 2.38 bits per heavy atom. The lowest BCUT2D eigenvalue weighted by Gasteiger charge is -2.31. The summed E-state index contributed by atoms with van der Waals surface area (Å²) in [4.78, 5) is 25.5. The van der Waals surface area contributed by atoms with Crippen LogP contribution in [0.4, 0.5) is 11.4 Å². The molecule has 7 nitrogen and oxygen atoms in total. The molecule has 1 heterocycles. The zero-order valence-corrected chi connectivity index (χ0v) is 17.5. The minimum Gasteiger partial charge on any atom is -0.329 e. The number of rotatable bonds is 5. The van der Waals surface area contributed by atoms with Gasteiger partial charge in [0.1, 0.15) is 7.05 Å². The van der Waals surface area contributed by atoms with Crippen LogP contribution >= 0.6 is 0 Å². The van der Waals surface area contributed by atoms with E-state index in [0.717, 1.165) is 33.6 Å². The Bertz CT molecular complexity index is 959. The van der Waals surface area contributed by atoms with E-state index in [0.29, 0.717) is 19.5 Å². The van der Waals surface area contributed by atoms with Crippen molar-refractivity contribution in [3.8, 4) is 0 Å². The molecule has 1 aliphatic heterocycles. The number of amides is 1. The van der Waals surface area contributed by atoms with Gasteiger partial charge < -0.3 is 9.38 Å². The standard InChI is InChI=1S/C22H28N4O3/c1-23-14-13-21(27)24(15-16-26(2,3)4)20-8-6-5-7-19(20)22(23)17-9-11-18(12-10-17)25(28)29/h5-12H,13-16H2,1-4H3/q+2. The molecule has 152 valence electrons. The molecular formula is C22H28N4O3+2. The second-order valence-electron chi connectivity index (χ2n) is 8.40. The van der Waals surface area contributed by atoms with E-state index in [4.69, 9.17) is 0 Å². The number of quaternary nitrogens is 1. The Labute approximate surface area is 171 Å². The second kappa shape index (κ2) is 8.13. The van der Waals surface area contributed by atoms with E-state index in [1.807, 2.05) is 36.2 Å². The number of para-hydroxylation sites is 1. The molecule has 0 fully saturated rings. The van der Waals surface area contributed by atoms with Crippen molar-refractivity contribution in [3.63, 3.8) is 0 Å². The van der Waals surface area contributed by atoms with E-state index in [1.165, 1.54) is 12.1 Å². The van der Waals surface area contributed by atoms with Crippen LogP contribution in [-0.4, -0.2) is 73.4 Å². The fourth-order valence-corrected chi connectivity index (χ4v) is 3.52. The summed E-state index contributed by atoms with van der Waals surface area (Å²) in [6.45, 7) is 2.06. The monoisotopic (exact) mass is 396 g/mol. The number of non-ortho nitro benzene ring substituents is 1. The summed E-state index contributed by atoms with van der Waals surface area (Å²) >= 11 is 0. The summed E-state index contributed by atoms with van der Waals surface area (Å²) < 4.78 is 2.83. The Hall–Kier alpha value is -3.06. The zero-order chi connectivity index (χ0) is 21.2. The predicted molar refractivity (Wildman–Crippen MR) is 114 cm³/mol. The molecule has 2 aromatic carbocycles. The van der Waals surface area contributed by atoms with Crippen LogP contribution in [0.2, 0.25) is 0 Å². The third-order valence-electron chi connectivity index (χ3n) is 5.14. The molecule has 0 aliphatic carbocycles. The van der Waals surface area contributed by atoms with Crippen molar-refractivity contribution in [3.05, 3.63) is 69.8 Å². The van der Waals surface area contributed by atoms with Gasteiger partial charge in [0, 0.05) is 17.7 Å². The lowest BCUT2D eigenvalue weighted by atomic mass is 9.97. The Morgan fingerprint density at radius 1 is 1.10 bits per heavy atom. The van der Waals surface area contributed by atoms with Gasteiger partial charge in [-0.05, 0) is 24.3 Å².